The third-order valence-corrected chi connectivity index (χ3v) is 2.84. The van der Waals surface area contributed by atoms with Crippen LogP contribution < -0.4 is 0 Å². The van der Waals surface area contributed by atoms with E-state index in [-0.39, 0.29) is 5.25 Å². The van der Waals surface area contributed by atoms with Crippen molar-refractivity contribution in [2.75, 3.05) is 6.61 Å². The monoisotopic (exact) mass is 221 g/mol. The SMILES string of the molecule is CCOC(=S)SC(C)/C(CC)=N\O. The summed E-state index contributed by atoms with van der Waals surface area (Å²) in [6, 6.07) is 0. The minimum Gasteiger partial charge on any atom is -0.479 e. The Balaban J connectivity index is 3.98. The Morgan fingerprint density at radius 2 is 2.23 bits per heavy atom. The van der Waals surface area contributed by atoms with E-state index in [1.165, 1.54) is 11.8 Å². The van der Waals surface area contributed by atoms with Crippen molar-refractivity contribution in [3.63, 3.8) is 0 Å². The zero-order chi connectivity index (χ0) is 10.3. The van der Waals surface area contributed by atoms with E-state index in [0.717, 1.165) is 12.1 Å². The van der Waals surface area contributed by atoms with E-state index < -0.39 is 0 Å². The van der Waals surface area contributed by atoms with Crippen LogP contribution in [0.4, 0.5) is 0 Å². The van der Waals surface area contributed by atoms with Crippen molar-refractivity contribution in [3.8, 4) is 0 Å². The zero-order valence-electron chi connectivity index (χ0n) is 8.11. The van der Waals surface area contributed by atoms with Crippen LogP contribution in [-0.2, 0) is 4.74 Å². The lowest BCUT2D eigenvalue weighted by molar-refractivity contribution is 0.317. The molecule has 0 heterocycles. The van der Waals surface area contributed by atoms with Crippen molar-refractivity contribution < 1.29 is 9.94 Å². The van der Waals surface area contributed by atoms with E-state index >= 15 is 0 Å². The fraction of sp³-hybridized carbons (Fsp3) is 0.750. The number of hydrogen-bond donors (Lipinski definition) is 1. The summed E-state index contributed by atoms with van der Waals surface area (Å²) in [5.74, 6) is 0. The molecule has 1 unspecified atom stereocenters. The van der Waals surface area contributed by atoms with Gasteiger partial charge in [0.1, 0.15) is 0 Å². The lowest BCUT2D eigenvalue weighted by atomic mass is 10.2. The molecule has 13 heavy (non-hydrogen) atoms. The van der Waals surface area contributed by atoms with Gasteiger partial charge in [0.05, 0.1) is 17.6 Å². The summed E-state index contributed by atoms with van der Waals surface area (Å²) in [5.41, 5.74) is 0.729. The summed E-state index contributed by atoms with van der Waals surface area (Å²) in [5, 5.41) is 11.9. The second-order valence-electron chi connectivity index (χ2n) is 2.39. The van der Waals surface area contributed by atoms with Crippen LogP contribution in [0.2, 0.25) is 0 Å². The first kappa shape index (κ1) is 12.7. The predicted molar refractivity (Wildman–Crippen MR) is 60.8 cm³/mol. The number of nitrogens with zero attached hydrogens (tertiary/aromatic N) is 1. The van der Waals surface area contributed by atoms with Crippen LogP contribution in [0.5, 0.6) is 0 Å². The van der Waals surface area contributed by atoms with Gasteiger partial charge in [0.2, 0.25) is 4.38 Å². The first-order valence-corrected chi connectivity index (χ1v) is 5.48. The van der Waals surface area contributed by atoms with Crippen molar-refractivity contribution in [1.29, 1.82) is 0 Å². The summed E-state index contributed by atoms with van der Waals surface area (Å²) in [7, 11) is 0. The van der Waals surface area contributed by atoms with Gasteiger partial charge in [0, 0.05) is 0 Å². The molecule has 3 nitrogen and oxygen atoms in total. The fourth-order valence-electron chi connectivity index (χ4n) is 0.804. The molecule has 0 saturated heterocycles. The van der Waals surface area contributed by atoms with Crippen molar-refractivity contribution in [2.24, 2.45) is 5.16 Å². The smallest absolute Gasteiger partial charge is 0.220 e. The number of thiocarbonyl (C=S) groups is 1. The van der Waals surface area contributed by atoms with Gasteiger partial charge in [0.25, 0.3) is 0 Å². The molecule has 0 spiro atoms. The highest BCUT2D eigenvalue weighted by Gasteiger charge is 2.13. The van der Waals surface area contributed by atoms with Gasteiger partial charge in [-0.1, -0.05) is 23.8 Å². The Bertz CT molecular complexity index is 195. The Morgan fingerprint density at radius 3 is 2.62 bits per heavy atom. The molecule has 0 aliphatic heterocycles. The summed E-state index contributed by atoms with van der Waals surface area (Å²) in [6.45, 7) is 6.35. The quantitative estimate of drug-likeness (QED) is 0.343. The Kier molecular flexibility index (Phi) is 6.99. The molecule has 0 aromatic carbocycles. The Morgan fingerprint density at radius 1 is 1.62 bits per heavy atom. The van der Waals surface area contributed by atoms with Crippen molar-refractivity contribution in [3.05, 3.63) is 0 Å². The molecule has 1 atom stereocenters. The number of thioether (sulfide) groups is 1. The van der Waals surface area contributed by atoms with E-state index in [1.54, 1.807) is 0 Å². The number of hydrogen-bond acceptors (Lipinski definition) is 5. The van der Waals surface area contributed by atoms with E-state index in [4.69, 9.17) is 22.2 Å². The molecule has 0 rings (SSSR count). The molecule has 0 aliphatic rings. The van der Waals surface area contributed by atoms with E-state index in [1.807, 2.05) is 20.8 Å². The molecule has 5 heteroatoms. The van der Waals surface area contributed by atoms with Gasteiger partial charge in [-0.05, 0) is 32.5 Å². The van der Waals surface area contributed by atoms with Gasteiger partial charge < -0.3 is 9.94 Å². The summed E-state index contributed by atoms with van der Waals surface area (Å²) >= 11 is 6.35. The van der Waals surface area contributed by atoms with E-state index in [0.29, 0.717) is 11.0 Å². The van der Waals surface area contributed by atoms with Crippen molar-refractivity contribution in [1.82, 2.24) is 0 Å². The first-order chi connectivity index (χ1) is 6.15. The average Bonchev–Trinajstić information content (AvgIpc) is 2.06. The minimum atomic E-state index is 0.0778. The third-order valence-electron chi connectivity index (χ3n) is 1.50. The molecule has 0 fully saturated rings. The average molecular weight is 221 g/mol. The second-order valence-corrected chi connectivity index (χ2v) is 4.33. The van der Waals surface area contributed by atoms with Gasteiger partial charge in [-0.2, -0.15) is 0 Å². The summed E-state index contributed by atoms with van der Waals surface area (Å²) < 4.78 is 5.61. The Labute approximate surface area is 88.5 Å². The molecule has 0 aromatic rings. The Hall–Kier alpha value is -0.290. The highest BCUT2D eigenvalue weighted by molar-refractivity contribution is 8.23. The van der Waals surface area contributed by atoms with Crippen molar-refractivity contribution >= 4 is 34.1 Å². The maximum absolute atomic E-state index is 8.63. The third kappa shape index (κ3) is 5.10. The van der Waals surface area contributed by atoms with Gasteiger partial charge in [-0.25, -0.2) is 0 Å². The van der Waals surface area contributed by atoms with Crippen LogP contribution in [0.1, 0.15) is 27.2 Å². The maximum atomic E-state index is 8.63. The predicted octanol–water partition coefficient (Wildman–Crippen LogP) is 2.67. The molecule has 1 N–H and O–H groups in total. The number of ether oxygens (including phenoxy) is 1. The first-order valence-electron chi connectivity index (χ1n) is 4.19. The van der Waals surface area contributed by atoms with Crippen LogP contribution >= 0.6 is 24.0 Å². The maximum Gasteiger partial charge on any atom is 0.220 e. The topological polar surface area (TPSA) is 41.8 Å². The second kappa shape index (κ2) is 7.15. The molecular weight excluding hydrogens is 206 g/mol. The molecule has 0 amide bonds. The molecule has 76 valence electrons. The van der Waals surface area contributed by atoms with E-state index in [9.17, 15) is 0 Å². The minimum absolute atomic E-state index is 0.0778. The van der Waals surface area contributed by atoms with Crippen LogP contribution in [0.15, 0.2) is 5.16 Å². The normalized spacial score (nSPS) is 13.9. The van der Waals surface area contributed by atoms with Crippen molar-refractivity contribution in [2.45, 2.75) is 32.4 Å². The zero-order valence-corrected chi connectivity index (χ0v) is 9.74. The van der Waals surface area contributed by atoms with Gasteiger partial charge >= 0.3 is 0 Å². The molecule has 0 bridgehead atoms. The molecular formula is C8H15NO2S2. The van der Waals surface area contributed by atoms with Crippen LogP contribution in [0.25, 0.3) is 0 Å². The lowest BCUT2D eigenvalue weighted by Gasteiger charge is -2.11. The number of oxime groups is 1. The van der Waals surface area contributed by atoms with Crippen LogP contribution in [-0.4, -0.2) is 27.2 Å². The molecule has 0 aliphatic carbocycles. The lowest BCUT2D eigenvalue weighted by Crippen LogP contribution is -2.15. The highest BCUT2D eigenvalue weighted by Crippen LogP contribution is 2.16. The van der Waals surface area contributed by atoms with Crippen LogP contribution in [0, 0.1) is 0 Å². The summed E-state index contributed by atoms with van der Waals surface area (Å²) in [4.78, 5) is 0. The number of rotatable bonds is 4. The highest BCUT2D eigenvalue weighted by atomic mass is 32.2. The summed E-state index contributed by atoms with van der Waals surface area (Å²) in [6.07, 6.45) is 0.722. The standard InChI is InChI=1S/C8H15NO2S2/c1-4-7(9-10)6(3)13-8(12)11-5-2/h6,10H,4-5H2,1-3H3/b9-7-. The van der Waals surface area contributed by atoms with Crippen LogP contribution in [0.3, 0.4) is 0 Å². The van der Waals surface area contributed by atoms with E-state index in [2.05, 4.69) is 5.16 Å². The fourth-order valence-corrected chi connectivity index (χ4v) is 2.18. The molecule has 0 aromatic heterocycles. The van der Waals surface area contributed by atoms with Gasteiger partial charge in [-0.15, -0.1) is 0 Å². The molecule has 0 radical (unpaired) electrons. The van der Waals surface area contributed by atoms with Gasteiger partial charge in [-0.3, -0.25) is 0 Å². The largest absolute Gasteiger partial charge is 0.479 e. The molecule has 0 saturated carbocycles. The van der Waals surface area contributed by atoms with Gasteiger partial charge in [0.15, 0.2) is 0 Å².